The van der Waals surface area contributed by atoms with E-state index in [2.05, 4.69) is 44.3 Å². The highest BCUT2D eigenvalue weighted by Crippen LogP contribution is 2.45. The van der Waals surface area contributed by atoms with Gasteiger partial charge in [0.15, 0.2) is 0 Å². The summed E-state index contributed by atoms with van der Waals surface area (Å²) in [6.07, 6.45) is 6.32. The summed E-state index contributed by atoms with van der Waals surface area (Å²) >= 11 is 0. The van der Waals surface area contributed by atoms with Crippen molar-refractivity contribution in [3.63, 3.8) is 0 Å². The van der Waals surface area contributed by atoms with Crippen LogP contribution < -0.4 is 10.1 Å². The molecule has 1 fully saturated rings. The molecule has 0 spiro atoms. The predicted molar refractivity (Wildman–Crippen MR) is 87.7 cm³/mol. The van der Waals surface area contributed by atoms with Crippen LogP contribution in [-0.2, 0) is 13.0 Å². The molecule has 1 aromatic rings. The number of ether oxygens (including phenoxy) is 1. The van der Waals surface area contributed by atoms with E-state index in [-0.39, 0.29) is 0 Å². The summed E-state index contributed by atoms with van der Waals surface area (Å²) in [5.41, 5.74) is 3.71. The van der Waals surface area contributed by atoms with Crippen LogP contribution in [0.3, 0.4) is 0 Å². The number of hydrogen-bond acceptors (Lipinski definition) is 2. The molecule has 0 radical (unpaired) electrons. The SMILES string of the molecule is CC1(C)CCC(C)(COc2cccc3c2CCNC3)CC1. The van der Waals surface area contributed by atoms with E-state index < -0.39 is 0 Å². The van der Waals surface area contributed by atoms with Gasteiger partial charge in [-0.25, -0.2) is 0 Å². The maximum Gasteiger partial charge on any atom is 0.122 e. The Labute approximate surface area is 129 Å². The summed E-state index contributed by atoms with van der Waals surface area (Å²) in [5.74, 6) is 1.13. The minimum atomic E-state index is 0.352. The van der Waals surface area contributed by atoms with Crippen molar-refractivity contribution >= 4 is 0 Å². The minimum absolute atomic E-state index is 0.352. The van der Waals surface area contributed by atoms with Crippen LogP contribution >= 0.6 is 0 Å². The molecule has 2 heteroatoms. The average Bonchev–Trinajstić information content (AvgIpc) is 2.49. The Balaban J connectivity index is 1.65. The fourth-order valence-corrected chi connectivity index (χ4v) is 3.56. The van der Waals surface area contributed by atoms with Crippen molar-refractivity contribution < 1.29 is 4.74 Å². The monoisotopic (exact) mass is 287 g/mol. The van der Waals surface area contributed by atoms with Gasteiger partial charge in [0.1, 0.15) is 5.75 Å². The highest BCUT2D eigenvalue weighted by molar-refractivity contribution is 5.41. The normalized spacial score (nSPS) is 23.4. The van der Waals surface area contributed by atoms with E-state index in [0.29, 0.717) is 10.8 Å². The number of rotatable bonds is 3. The molecular formula is C19H29NO. The Morgan fingerprint density at radius 3 is 2.62 bits per heavy atom. The van der Waals surface area contributed by atoms with Gasteiger partial charge in [-0.15, -0.1) is 0 Å². The first-order valence-electron chi connectivity index (χ1n) is 8.42. The topological polar surface area (TPSA) is 21.3 Å². The van der Waals surface area contributed by atoms with E-state index in [4.69, 9.17) is 4.74 Å². The molecule has 21 heavy (non-hydrogen) atoms. The maximum atomic E-state index is 6.29. The number of hydrogen-bond donors (Lipinski definition) is 1. The first-order chi connectivity index (χ1) is 9.98. The van der Waals surface area contributed by atoms with Crippen molar-refractivity contribution in [1.29, 1.82) is 0 Å². The third kappa shape index (κ3) is 3.42. The van der Waals surface area contributed by atoms with E-state index in [1.54, 1.807) is 0 Å². The van der Waals surface area contributed by atoms with Crippen molar-refractivity contribution in [3.05, 3.63) is 29.3 Å². The number of fused-ring (bicyclic) bond motifs is 1. The number of nitrogens with one attached hydrogen (secondary N) is 1. The lowest BCUT2D eigenvalue weighted by Gasteiger charge is -2.41. The molecule has 116 valence electrons. The van der Waals surface area contributed by atoms with Crippen LogP contribution in [0, 0.1) is 10.8 Å². The van der Waals surface area contributed by atoms with Gasteiger partial charge in [-0.3, -0.25) is 0 Å². The zero-order chi connectivity index (χ0) is 14.9. The molecule has 1 aromatic carbocycles. The second-order valence-corrected chi connectivity index (χ2v) is 8.08. The van der Waals surface area contributed by atoms with Crippen molar-refractivity contribution in [3.8, 4) is 5.75 Å². The smallest absolute Gasteiger partial charge is 0.122 e. The Morgan fingerprint density at radius 1 is 1.10 bits per heavy atom. The fourth-order valence-electron chi connectivity index (χ4n) is 3.56. The van der Waals surface area contributed by atoms with Crippen LogP contribution in [0.5, 0.6) is 5.75 Å². The van der Waals surface area contributed by atoms with E-state index in [9.17, 15) is 0 Å². The lowest BCUT2D eigenvalue weighted by molar-refractivity contribution is 0.0654. The van der Waals surface area contributed by atoms with Gasteiger partial charge in [0, 0.05) is 12.0 Å². The van der Waals surface area contributed by atoms with Gasteiger partial charge in [-0.1, -0.05) is 32.9 Å². The summed E-state index contributed by atoms with van der Waals surface area (Å²) in [6, 6.07) is 6.51. The quantitative estimate of drug-likeness (QED) is 0.894. The van der Waals surface area contributed by atoms with Crippen molar-refractivity contribution in [2.45, 2.75) is 59.4 Å². The molecule has 1 aliphatic carbocycles. The van der Waals surface area contributed by atoms with Crippen molar-refractivity contribution in [2.24, 2.45) is 10.8 Å². The summed E-state index contributed by atoms with van der Waals surface area (Å²) < 4.78 is 6.29. The van der Waals surface area contributed by atoms with Gasteiger partial charge in [0.2, 0.25) is 0 Å². The van der Waals surface area contributed by atoms with Crippen molar-refractivity contribution in [1.82, 2.24) is 5.32 Å². The van der Waals surface area contributed by atoms with E-state index in [1.807, 2.05) is 0 Å². The first kappa shape index (κ1) is 14.9. The van der Waals surface area contributed by atoms with Gasteiger partial charge in [0.05, 0.1) is 6.61 Å². The highest BCUT2D eigenvalue weighted by Gasteiger charge is 2.35. The zero-order valence-electron chi connectivity index (χ0n) is 13.8. The largest absolute Gasteiger partial charge is 0.493 e. The molecule has 0 aromatic heterocycles. The molecule has 0 unspecified atom stereocenters. The van der Waals surface area contributed by atoms with Crippen LogP contribution in [0.25, 0.3) is 0 Å². The molecule has 0 saturated heterocycles. The third-order valence-corrected chi connectivity index (χ3v) is 5.48. The van der Waals surface area contributed by atoms with Crippen LogP contribution in [0.1, 0.15) is 57.6 Å². The fraction of sp³-hybridized carbons (Fsp3) is 0.684. The molecule has 1 aliphatic heterocycles. The first-order valence-corrected chi connectivity index (χ1v) is 8.42. The highest BCUT2D eigenvalue weighted by atomic mass is 16.5. The Kier molecular flexibility index (Phi) is 4.00. The van der Waals surface area contributed by atoms with Gasteiger partial charge in [-0.05, 0) is 61.3 Å². The molecule has 1 saturated carbocycles. The van der Waals surface area contributed by atoms with Gasteiger partial charge < -0.3 is 10.1 Å². The number of benzene rings is 1. The lowest BCUT2D eigenvalue weighted by atomic mass is 9.66. The average molecular weight is 287 g/mol. The Morgan fingerprint density at radius 2 is 1.86 bits per heavy atom. The maximum absolute atomic E-state index is 6.29. The van der Waals surface area contributed by atoms with Gasteiger partial charge >= 0.3 is 0 Å². The van der Waals surface area contributed by atoms with E-state index in [0.717, 1.165) is 31.9 Å². The molecule has 3 rings (SSSR count). The van der Waals surface area contributed by atoms with E-state index >= 15 is 0 Å². The van der Waals surface area contributed by atoms with Crippen LogP contribution in [-0.4, -0.2) is 13.2 Å². The van der Waals surface area contributed by atoms with Crippen LogP contribution in [0.15, 0.2) is 18.2 Å². The molecule has 0 amide bonds. The zero-order valence-corrected chi connectivity index (χ0v) is 13.8. The van der Waals surface area contributed by atoms with Gasteiger partial charge in [0.25, 0.3) is 0 Å². The van der Waals surface area contributed by atoms with E-state index in [1.165, 1.54) is 36.8 Å². The summed E-state index contributed by atoms with van der Waals surface area (Å²) in [7, 11) is 0. The summed E-state index contributed by atoms with van der Waals surface area (Å²) in [6.45, 7) is 10.1. The summed E-state index contributed by atoms with van der Waals surface area (Å²) in [5, 5.41) is 3.43. The standard InChI is InChI=1S/C19H29NO/c1-18(2)8-10-19(3,11-9-18)14-21-17-6-4-5-15-13-20-12-7-16(15)17/h4-6,20H,7-14H2,1-3H3. The predicted octanol–water partition coefficient (Wildman–Crippen LogP) is 4.32. The molecular weight excluding hydrogens is 258 g/mol. The Bertz CT molecular complexity index is 496. The molecule has 1 heterocycles. The Hall–Kier alpha value is -1.02. The molecule has 0 bridgehead atoms. The molecule has 2 aliphatic rings. The third-order valence-electron chi connectivity index (χ3n) is 5.48. The second-order valence-electron chi connectivity index (χ2n) is 8.08. The van der Waals surface area contributed by atoms with Gasteiger partial charge in [-0.2, -0.15) is 0 Å². The molecule has 2 nitrogen and oxygen atoms in total. The molecule has 0 atom stereocenters. The minimum Gasteiger partial charge on any atom is -0.493 e. The summed E-state index contributed by atoms with van der Waals surface area (Å²) in [4.78, 5) is 0. The van der Waals surface area contributed by atoms with Crippen LogP contribution in [0.4, 0.5) is 0 Å². The molecule has 1 N–H and O–H groups in total. The lowest BCUT2D eigenvalue weighted by Crippen LogP contribution is -2.34. The second kappa shape index (κ2) is 5.64. The van der Waals surface area contributed by atoms with Crippen molar-refractivity contribution in [2.75, 3.05) is 13.2 Å². The van der Waals surface area contributed by atoms with Crippen LogP contribution in [0.2, 0.25) is 0 Å².